The van der Waals surface area contributed by atoms with E-state index in [0.717, 1.165) is 46.7 Å². The van der Waals surface area contributed by atoms with Gasteiger partial charge >= 0.3 is 48.1 Å². The maximum atomic E-state index is 13.3. The highest BCUT2D eigenvalue weighted by Gasteiger charge is 2.42. The smallest absolute Gasteiger partial charge is 0.410 e. The zero-order chi connectivity index (χ0) is 77.8. The lowest BCUT2D eigenvalue weighted by atomic mass is 9.82. The van der Waals surface area contributed by atoms with Gasteiger partial charge in [0.15, 0.2) is 23.0 Å². The summed E-state index contributed by atoms with van der Waals surface area (Å²) in [5.74, 6) is -1.63. The molecule has 0 atom stereocenters. The first-order valence-electron chi connectivity index (χ1n) is 36.6. The molecule has 5 aromatic carbocycles. The van der Waals surface area contributed by atoms with Crippen LogP contribution in [0.15, 0.2) is 78.4 Å². The van der Waals surface area contributed by atoms with Crippen LogP contribution < -0.4 is 28.4 Å². The first-order chi connectivity index (χ1) is 49.5. The minimum Gasteiger partial charge on any atom is -0.487 e. The maximum Gasteiger partial charge on any atom is 0.410 e. The van der Waals surface area contributed by atoms with E-state index in [2.05, 4.69) is 0 Å². The van der Waals surface area contributed by atoms with Gasteiger partial charge in [0.05, 0.1) is 17.8 Å². The molecule has 12 rings (SSSR count). The fourth-order valence-electron chi connectivity index (χ4n) is 13.5. The number of nitrogens with zero attached hydrogens (tertiary/aromatic N) is 3. The average molecular weight is 1470 g/mol. The highest BCUT2D eigenvalue weighted by Crippen LogP contribution is 2.53. The molecule has 1 N–H and O–H groups in total. The number of piperidine rings is 3. The van der Waals surface area contributed by atoms with Gasteiger partial charge in [-0.1, -0.05) is 72.8 Å². The number of amides is 3. The molecule has 5 aromatic rings. The Kier molecular flexibility index (Phi) is 24.4. The molecule has 0 saturated carbocycles. The van der Waals surface area contributed by atoms with Crippen LogP contribution in [0.1, 0.15) is 209 Å². The SMILES string of the molecule is CC(=O)Oc1c(OC(=O)C2CCN(C(=O)OC(C)(C)C)CC2)c2c(c3ccccc13)OC(C)(C)CC2.CC(=O)Oc1c2c(c3ccccc3c1OC(=O)C1CCN(C(=O)OC(C)(C)C)CC1)OC(C)(C)CC2.CC(C)(C)OC(=O)N1CCC(C(=O)O)CC1.CC1(C)CCC2=C(O1)c1ccccc1C(=O)C2=O. The van der Waals surface area contributed by atoms with E-state index in [1.807, 2.05) is 165 Å². The molecule has 3 saturated heterocycles. The van der Waals surface area contributed by atoms with Gasteiger partial charge in [-0.2, -0.15) is 0 Å². The standard InChI is InChI=1S/2C28H35NO7.C15H14O3.C11H19NO4/c1-17(30)33-24-21-11-14-28(5,6)35-22(21)19-9-7-8-10-20(19)23(24)34-25(31)18-12-15-29(16-13-18)26(32)36-27(2,3)4;1-17(30)33-23-20-10-8-7-9-19(20)22-21(11-14-28(5,6)35-22)24(23)34-25(31)18-12-15-29(16-13-18)26(32)36-27(2,3)4;1-15(2)8-7-11-13(17)12(16)9-5-3-4-6-10(9)14(11)18-15;1-11(2,3)16-10(15)12-6-4-8(5-7-12)9(13)14/h2*7-10,18H,11-16H2,1-6H3;3-6H,7-8H2,1-2H3;8H,4-7H2,1-3H3,(H,13,14). The Morgan fingerprint density at radius 2 is 0.736 bits per heavy atom. The summed E-state index contributed by atoms with van der Waals surface area (Å²) in [5, 5.41) is 11.7. The zero-order valence-electron chi connectivity index (χ0n) is 64.3. The Labute approximate surface area is 619 Å². The van der Waals surface area contributed by atoms with E-state index in [4.69, 9.17) is 52.5 Å². The summed E-state index contributed by atoms with van der Waals surface area (Å²) in [5.41, 5.74) is 0.514. The number of carbonyl (C=O) groups excluding carboxylic acids is 9. The van der Waals surface area contributed by atoms with Crippen LogP contribution in [0.3, 0.4) is 0 Å². The molecule has 24 heteroatoms. The topological polar surface area (TPSA) is 293 Å². The molecule has 0 radical (unpaired) electrons. The third kappa shape index (κ3) is 20.2. The molecule has 0 spiro atoms. The van der Waals surface area contributed by atoms with Crippen molar-refractivity contribution in [2.24, 2.45) is 17.8 Å². The second kappa shape index (κ2) is 32.1. The number of fused-ring (bicyclic) bond motifs is 8. The fourth-order valence-corrected chi connectivity index (χ4v) is 13.5. The van der Waals surface area contributed by atoms with Crippen LogP contribution >= 0.6 is 0 Å². The second-order valence-corrected chi connectivity index (χ2v) is 32.7. The van der Waals surface area contributed by atoms with Gasteiger partial charge in [0.25, 0.3) is 0 Å². The van der Waals surface area contributed by atoms with Crippen LogP contribution in [0.25, 0.3) is 27.3 Å². The molecule has 6 heterocycles. The van der Waals surface area contributed by atoms with E-state index in [9.17, 15) is 47.9 Å². The molecule has 7 aliphatic rings. The minimum absolute atomic E-state index is 0.236. The molecule has 24 nitrogen and oxygen atoms in total. The highest BCUT2D eigenvalue weighted by molar-refractivity contribution is 6.52. The molecule has 106 heavy (non-hydrogen) atoms. The molecule has 572 valence electrons. The number of hydrogen-bond acceptors (Lipinski definition) is 20. The van der Waals surface area contributed by atoms with Crippen LogP contribution in [0.5, 0.6) is 34.5 Å². The summed E-state index contributed by atoms with van der Waals surface area (Å²) >= 11 is 0. The van der Waals surface area contributed by atoms with Crippen LogP contribution in [-0.4, -0.2) is 152 Å². The van der Waals surface area contributed by atoms with Gasteiger partial charge in [0.1, 0.15) is 50.9 Å². The third-order valence-electron chi connectivity index (χ3n) is 18.9. The Morgan fingerprint density at radius 1 is 0.415 bits per heavy atom. The minimum atomic E-state index is -0.774. The average Bonchev–Trinajstić information content (AvgIpc) is 0.754. The number of benzene rings is 5. The van der Waals surface area contributed by atoms with Crippen LogP contribution in [-0.2, 0) is 60.6 Å². The quantitative estimate of drug-likeness (QED) is 0.0685. The fraction of sp³-hybridized carbons (Fsp3) is 0.537. The van der Waals surface area contributed by atoms with Gasteiger partial charge in [0, 0.05) is 102 Å². The van der Waals surface area contributed by atoms with Gasteiger partial charge in [-0.25, -0.2) is 14.4 Å². The summed E-state index contributed by atoms with van der Waals surface area (Å²) in [7, 11) is 0. The lowest BCUT2D eigenvalue weighted by molar-refractivity contribution is -0.143. The highest BCUT2D eigenvalue weighted by atomic mass is 16.6. The number of hydrogen-bond donors (Lipinski definition) is 1. The number of esters is 4. The summed E-state index contributed by atoms with van der Waals surface area (Å²) < 4.78 is 58.0. The maximum absolute atomic E-state index is 13.3. The molecule has 0 aromatic heterocycles. The normalized spacial score (nSPS) is 18.4. The van der Waals surface area contributed by atoms with Crippen molar-refractivity contribution in [1.29, 1.82) is 0 Å². The molecule has 3 amide bonds. The van der Waals surface area contributed by atoms with Crippen molar-refractivity contribution in [2.45, 2.75) is 228 Å². The van der Waals surface area contributed by atoms with Gasteiger partial charge in [-0.3, -0.25) is 33.6 Å². The van der Waals surface area contributed by atoms with E-state index in [-0.39, 0.29) is 69.9 Å². The predicted octanol–water partition coefficient (Wildman–Crippen LogP) is 15.3. The van der Waals surface area contributed by atoms with Gasteiger partial charge < -0.3 is 67.2 Å². The number of carbonyl (C=O) groups is 10. The van der Waals surface area contributed by atoms with Crippen molar-refractivity contribution < 1.29 is 100 Å². The number of likely N-dealkylation sites (tertiary alicyclic amines) is 3. The number of ether oxygens (including phenoxy) is 10. The van der Waals surface area contributed by atoms with E-state index in [1.165, 1.54) is 13.8 Å². The Bertz CT molecular complexity index is 4250. The number of allylic oxidation sites excluding steroid dienone is 1. The number of Topliss-reactive ketones (excluding diaryl/α,β-unsaturated/α-hetero) is 2. The van der Waals surface area contributed by atoms with Gasteiger partial charge in [-0.15, -0.1) is 0 Å². The number of aliphatic carboxylic acids is 1. The van der Waals surface area contributed by atoms with E-state index in [0.29, 0.717) is 136 Å². The summed E-state index contributed by atoms with van der Waals surface area (Å²) in [6.45, 7) is 33.7. The number of rotatable bonds is 7. The summed E-state index contributed by atoms with van der Waals surface area (Å²) in [4.78, 5) is 127. The molecule has 1 aliphatic carbocycles. The molecular weight excluding hydrogens is 1360 g/mol. The summed E-state index contributed by atoms with van der Waals surface area (Å²) in [6, 6.07) is 22.1. The first kappa shape index (κ1) is 80.4. The van der Waals surface area contributed by atoms with Gasteiger partial charge in [0.2, 0.25) is 11.6 Å². The van der Waals surface area contributed by atoms with Crippen LogP contribution in [0.2, 0.25) is 0 Å². The van der Waals surface area contributed by atoms with Crippen molar-refractivity contribution >= 4 is 87.0 Å². The van der Waals surface area contributed by atoms with E-state index in [1.54, 1.807) is 26.8 Å². The monoisotopic (exact) mass is 1470 g/mol. The Balaban J connectivity index is 0.000000173. The predicted molar refractivity (Wildman–Crippen MR) is 394 cm³/mol. The molecule has 0 unspecified atom stereocenters. The molecule has 0 bridgehead atoms. The molecule has 6 aliphatic heterocycles. The first-order valence-corrected chi connectivity index (χ1v) is 36.6. The molecular formula is C82H103N3O21. The Hall–Kier alpha value is -9.74. The van der Waals surface area contributed by atoms with E-state index < -0.39 is 64.1 Å². The van der Waals surface area contributed by atoms with Crippen molar-refractivity contribution in [3.8, 4) is 34.5 Å². The van der Waals surface area contributed by atoms with Crippen molar-refractivity contribution in [3.63, 3.8) is 0 Å². The lowest BCUT2D eigenvalue weighted by Gasteiger charge is -2.36. The zero-order valence-corrected chi connectivity index (χ0v) is 64.3. The molecule has 3 fully saturated rings. The van der Waals surface area contributed by atoms with Crippen molar-refractivity contribution in [1.82, 2.24) is 14.7 Å². The second-order valence-electron chi connectivity index (χ2n) is 32.7. The van der Waals surface area contributed by atoms with Crippen molar-refractivity contribution in [2.75, 3.05) is 39.3 Å². The lowest BCUT2D eigenvalue weighted by Crippen LogP contribution is -2.43. The third-order valence-corrected chi connectivity index (χ3v) is 18.9. The number of carboxylic acids is 1. The largest absolute Gasteiger partial charge is 0.487 e. The van der Waals surface area contributed by atoms with E-state index >= 15 is 0 Å². The summed E-state index contributed by atoms with van der Waals surface area (Å²) in [6.07, 6.45) is 5.79. The number of ketones is 2. The van der Waals surface area contributed by atoms with Gasteiger partial charge in [-0.05, 0) is 181 Å². The van der Waals surface area contributed by atoms with Crippen LogP contribution in [0.4, 0.5) is 14.4 Å². The number of carboxylic acid groups (broad SMARTS) is 1. The Morgan fingerprint density at radius 3 is 1.12 bits per heavy atom. The van der Waals surface area contributed by atoms with Crippen molar-refractivity contribution in [3.05, 3.63) is 101 Å². The van der Waals surface area contributed by atoms with Crippen LogP contribution in [0, 0.1) is 17.8 Å².